The van der Waals surface area contributed by atoms with Gasteiger partial charge in [-0.2, -0.15) is 0 Å². The van der Waals surface area contributed by atoms with Crippen LogP contribution in [0.3, 0.4) is 0 Å². The van der Waals surface area contributed by atoms with Gasteiger partial charge in [0.1, 0.15) is 0 Å². The van der Waals surface area contributed by atoms with E-state index in [2.05, 4.69) is 31.3 Å². The van der Waals surface area contributed by atoms with Gasteiger partial charge in [0, 0.05) is 12.8 Å². The zero-order chi connectivity index (χ0) is 53.6. The predicted molar refractivity (Wildman–Crippen MR) is 324 cm³/mol. The van der Waals surface area contributed by atoms with Crippen LogP contribution >= 0.6 is 0 Å². The first-order valence-corrected chi connectivity index (χ1v) is 33.9. The van der Waals surface area contributed by atoms with Gasteiger partial charge in [-0.3, -0.25) is 9.59 Å². The van der Waals surface area contributed by atoms with Gasteiger partial charge in [0.15, 0.2) is 0 Å². The smallest absolute Gasteiger partial charge is 0.305 e. The number of unbranched alkanes of at least 4 members (excludes halogenated alkanes) is 51. The highest BCUT2D eigenvalue weighted by atomic mass is 16.5. The highest BCUT2D eigenvalue weighted by molar-refractivity contribution is 5.76. The molecule has 0 rings (SSSR count). The number of amides is 1. The molecule has 2 unspecified atom stereocenters. The van der Waals surface area contributed by atoms with Gasteiger partial charge in [0.05, 0.1) is 25.4 Å². The van der Waals surface area contributed by atoms with E-state index in [0.29, 0.717) is 25.9 Å². The maximum absolute atomic E-state index is 12.5. The first-order valence-electron chi connectivity index (χ1n) is 33.9. The maximum Gasteiger partial charge on any atom is 0.305 e. The van der Waals surface area contributed by atoms with Gasteiger partial charge in [-0.15, -0.1) is 0 Å². The fraction of sp³-hybridized carbons (Fsp3) is 0.941. The van der Waals surface area contributed by atoms with Gasteiger partial charge in [0.2, 0.25) is 5.91 Å². The second-order valence-corrected chi connectivity index (χ2v) is 23.5. The average molecular weight is 1040 g/mol. The molecule has 0 radical (unpaired) electrons. The fourth-order valence-electron chi connectivity index (χ4n) is 10.9. The molecule has 0 saturated carbocycles. The van der Waals surface area contributed by atoms with E-state index in [0.717, 1.165) is 38.5 Å². The van der Waals surface area contributed by atoms with E-state index in [1.54, 1.807) is 0 Å². The van der Waals surface area contributed by atoms with Crippen molar-refractivity contribution in [3.05, 3.63) is 12.2 Å². The fourth-order valence-corrected chi connectivity index (χ4v) is 10.9. The van der Waals surface area contributed by atoms with E-state index >= 15 is 0 Å². The van der Waals surface area contributed by atoms with Crippen LogP contribution < -0.4 is 5.32 Å². The molecule has 0 fully saturated rings. The van der Waals surface area contributed by atoms with Crippen LogP contribution in [-0.2, 0) is 14.3 Å². The summed E-state index contributed by atoms with van der Waals surface area (Å²) in [5.41, 5.74) is 0. The molecule has 0 spiro atoms. The molecule has 0 aromatic carbocycles. The van der Waals surface area contributed by atoms with E-state index in [1.165, 1.54) is 315 Å². The van der Waals surface area contributed by atoms with E-state index in [4.69, 9.17) is 4.74 Å². The Kier molecular flexibility index (Phi) is 62.9. The summed E-state index contributed by atoms with van der Waals surface area (Å²) in [4.78, 5) is 24.6. The molecule has 6 heteroatoms. The molecule has 0 aliphatic rings. The largest absolute Gasteiger partial charge is 0.466 e. The number of hydrogen-bond donors (Lipinski definition) is 3. The Morgan fingerprint density at radius 1 is 0.365 bits per heavy atom. The minimum absolute atomic E-state index is 0.00812. The summed E-state index contributed by atoms with van der Waals surface area (Å²) in [5, 5.41) is 23.4. The van der Waals surface area contributed by atoms with Crippen molar-refractivity contribution in [2.45, 2.75) is 398 Å². The summed E-state index contributed by atoms with van der Waals surface area (Å²) in [6.07, 6.45) is 78.1. The number of carbonyl (C=O) groups is 2. The molecule has 0 bridgehead atoms. The van der Waals surface area contributed by atoms with Crippen molar-refractivity contribution in [2.75, 3.05) is 13.2 Å². The number of rotatable bonds is 64. The summed E-state index contributed by atoms with van der Waals surface area (Å²) < 4.78 is 5.49. The number of nitrogens with one attached hydrogen (secondary N) is 1. The quantitative estimate of drug-likeness (QED) is 0.0320. The van der Waals surface area contributed by atoms with Gasteiger partial charge in [-0.05, 0) is 51.4 Å². The van der Waals surface area contributed by atoms with E-state index in [9.17, 15) is 19.8 Å². The minimum atomic E-state index is -0.671. The van der Waals surface area contributed by atoms with Gasteiger partial charge in [-0.1, -0.05) is 334 Å². The SMILES string of the molecule is CCCCCCCCCCCCCCCCCCCCCCCCCC(O)C(CO)NC(=O)CCCCCCCCC/C=C\CCCCCCCCCCOC(=O)CCCCCCCCCCCCCCCCC. The zero-order valence-electron chi connectivity index (χ0n) is 50.4. The van der Waals surface area contributed by atoms with E-state index in [-0.39, 0.29) is 18.5 Å². The van der Waals surface area contributed by atoms with Crippen molar-refractivity contribution in [1.82, 2.24) is 5.32 Å². The molecular weight excluding hydrogens is 911 g/mol. The van der Waals surface area contributed by atoms with Crippen molar-refractivity contribution in [3.8, 4) is 0 Å². The van der Waals surface area contributed by atoms with Crippen LogP contribution in [0.5, 0.6) is 0 Å². The van der Waals surface area contributed by atoms with Crippen LogP contribution in [0.4, 0.5) is 0 Å². The molecule has 0 aromatic heterocycles. The molecule has 0 heterocycles. The summed E-state index contributed by atoms with van der Waals surface area (Å²) >= 11 is 0. The predicted octanol–water partition coefficient (Wildman–Crippen LogP) is 21.6. The van der Waals surface area contributed by atoms with Crippen LogP contribution in [0.15, 0.2) is 12.2 Å². The molecule has 1 amide bonds. The third-order valence-corrected chi connectivity index (χ3v) is 16.1. The van der Waals surface area contributed by atoms with Crippen molar-refractivity contribution in [1.29, 1.82) is 0 Å². The summed E-state index contributed by atoms with van der Waals surface area (Å²) in [5.74, 6) is -0.0316. The lowest BCUT2D eigenvalue weighted by molar-refractivity contribution is -0.143. The number of esters is 1. The number of hydrogen-bond acceptors (Lipinski definition) is 5. The number of aliphatic hydroxyl groups is 2. The van der Waals surface area contributed by atoms with Crippen LogP contribution in [0, 0.1) is 0 Å². The van der Waals surface area contributed by atoms with Crippen LogP contribution in [0.1, 0.15) is 386 Å². The topological polar surface area (TPSA) is 95.9 Å². The van der Waals surface area contributed by atoms with Crippen LogP contribution in [0.25, 0.3) is 0 Å². The molecule has 0 aromatic rings. The van der Waals surface area contributed by atoms with E-state index in [1.807, 2.05) is 0 Å². The van der Waals surface area contributed by atoms with Crippen molar-refractivity contribution >= 4 is 11.9 Å². The molecule has 440 valence electrons. The Morgan fingerprint density at radius 2 is 0.635 bits per heavy atom. The summed E-state index contributed by atoms with van der Waals surface area (Å²) in [7, 11) is 0. The first-order chi connectivity index (χ1) is 36.5. The Bertz CT molecular complexity index is 1110. The molecular formula is C68H133NO5. The molecule has 3 N–H and O–H groups in total. The lowest BCUT2D eigenvalue weighted by Crippen LogP contribution is -2.45. The lowest BCUT2D eigenvalue weighted by atomic mass is 10.0. The lowest BCUT2D eigenvalue weighted by Gasteiger charge is -2.22. The highest BCUT2D eigenvalue weighted by Gasteiger charge is 2.20. The summed E-state index contributed by atoms with van der Waals surface area (Å²) in [6, 6.07) is -0.549. The Hall–Kier alpha value is -1.40. The van der Waals surface area contributed by atoms with Crippen molar-refractivity contribution in [3.63, 3.8) is 0 Å². The van der Waals surface area contributed by atoms with Crippen molar-refractivity contribution in [2.24, 2.45) is 0 Å². The van der Waals surface area contributed by atoms with Crippen molar-refractivity contribution < 1.29 is 24.5 Å². The monoisotopic (exact) mass is 1040 g/mol. The standard InChI is InChI=1S/C68H133NO5/c1-3-5-7-9-11-13-15-17-19-20-21-22-23-24-26-29-33-36-40-44-48-52-56-60-66(71)65(64-70)69-67(72)61-57-53-49-45-41-37-34-30-27-25-28-31-35-39-43-47-51-55-59-63-74-68(73)62-58-54-50-46-42-38-32-18-16-14-12-10-8-6-4-2/h25,27,65-66,70-71H,3-24,26,28-64H2,1-2H3,(H,69,72)/b27-25-. The third kappa shape index (κ3) is 59.8. The average Bonchev–Trinajstić information content (AvgIpc) is 3.40. The Morgan fingerprint density at radius 3 is 0.959 bits per heavy atom. The third-order valence-electron chi connectivity index (χ3n) is 16.1. The first kappa shape index (κ1) is 72.6. The van der Waals surface area contributed by atoms with Gasteiger partial charge in [-0.25, -0.2) is 0 Å². The molecule has 2 atom stereocenters. The second kappa shape index (κ2) is 64.1. The van der Waals surface area contributed by atoms with Crippen LogP contribution in [-0.4, -0.2) is 47.4 Å². The second-order valence-electron chi connectivity index (χ2n) is 23.5. The molecule has 0 aliphatic heterocycles. The van der Waals surface area contributed by atoms with Crippen LogP contribution in [0.2, 0.25) is 0 Å². The Balaban J connectivity index is 3.42. The molecule has 0 saturated heterocycles. The Labute approximate surface area is 463 Å². The molecule has 0 aliphatic carbocycles. The highest BCUT2D eigenvalue weighted by Crippen LogP contribution is 2.19. The van der Waals surface area contributed by atoms with E-state index < -0.39 is 12.1 Å². The molecule has 6 nitrogen and oxygen atoms in total. The zero-order valence-corrected chi connectivity index (χ0v) is 50.4. The number of aliphatic hydroxyl groups excluding tert-OH is 2. The number of allylic oxidation sites excluding steroid dienone is 2. The molecule has 74 heavy (non-hydrogen) atoms. The number of ether oxygens (including phenoxy) is 1. The summed E-state index contributed by atoms with van der Waals surface area (Å²) in [6.45, 7) is 4.98. The van der Waals surface area contributed by atoms with Gasteiger partial charge < -0.3 is 20.3 Å². The minimum Gasteiger partial charge on any atom is -0.466 e. The van der Waals surface area contributed by atoms with Gasteiger partial charge in [0.25, 0.3) is 0 Å². The normalized spacial score (nSPS) is 12.5. The maximum atomic E-state index is 12.5. The van der Waals surface area contributed by atoms with Gasteiger partial charge >= 0.3 is 5.97 Å². The number of carbonyl (C=O) groups excluding carboxylic acids is 2.